The number of amides is 1. The predicted octanol–water partition coefficient (Wildman–Crippen LogP) is 3.30. The number of nitrogens with zero attached hydrogens (tertiary/aromatic N) is 4. The predicted molar refractivity (Wildman–Crippen MR) is 154 cm³/mol. The van der Waals surface area contributed by atoms with Gasteiger partial charge in [-0.15, -0.1) is 0 Å². The fourth-order valence-corrected chi connectivity index (χ4v) is 6.71. The maximum absolute atomic E-state index is 13.8. The van der Waals surface area contributed by atoms with Gasteiger partial charge in [0.1, 0.15) is 0 Å². The van der Waals surface area contributed by atoms with Gasteiger partial charge in [0, 0.05) is 58.1 Å². The summed E-state index contributed by atoms with van der Waals surface area (Å²) in [6.45, 7) is 8.03. The van der Waals surface area contributed by atoms with E-state index in [4.69, 9.17) is 23.9 Å². The molecule has 2 heterocycles. The molecule has 4 rings (SSSR count). The molecule has 40 heavy (non-hydrogen) atoms. The van der Waals surface area contributed by atoms with Crippen LogP contribution in [-0.2, 0) is 19.5 Å². The van der Waals surface area contributed by atoms with Crippen LogP contribution in [0, 0.1) is 0 Å². The number of likely N-dealkylation sites (N-methyl/N-ethyl adjacent to an activating group) is 1. The number of aromatic nitrogens is 1. The van der Waals surface area contributed by atoms with Crippen LogP contribution in [0.5, 0.6) is 11.5 Å². The molecule has 218 valence electrons. The topological polar surface area (TPSA) is 111 Å². The Morgan fingerprint density at radius 3 is 2.17 bits per heavy atom. The van der Waals surface area contributed by atoms with Gasteiger partial charge in [0.25, 0.3) is 5.91 Å². The van der Waals surface area contributed by atoms with Crippen molar-refractivity contribution in [3.63, 3.8) is 0 Å². The summed E-state index contributed by atoms with van der Waals surface area (Å²) < 4.78 is 49.9. The number of hydrogen-bond donors (Lipinski definition) is 0. The number of thiazole rings is 1. The summed E-state index contributed by atoms with van der Waals surface area (Å²) in [5.74, 6) is 1.03. The van der Waals surface area contributed by atoms with E-state index in [1.165, 1.54) is 42.0 Å². The van der Waals surface area contributed by atoms with Crippen LogP contribution in [0.1, 0.15) is 24.2 Å². The number of carbonyl (C=O) groups excluding carboxylic acids is 1. The Kier molecular flexibility index (Phi) is 10.3. The largest absolute Gasteiger partial charge is 0.454 e. The van der Waals surface area contributed by atoms with Crippen LogP contribution in [0.25, 0.3) is 10.2 Å². The van der Waals surface area contributed by atoms with Crippen LogP contribution in [-0.4, -0.2) is 102 Å². The zero-order valence-electron chi connectivity index (χ0n) is 23.3. The average Bonchev–Trinajstić information content (AvgIpc) is 3.59. The fraction of sp³-hybridized carbons (Fsp3) is 0.481. The lowest BCUT2D eigenvalue weighted by Gasteiger charge is -2.25. The molecule has 1 amide bonds. The van der Waals surface area contributed by atoms with Crippen molar-refractivity contribution in [2.75, 3.05) is 78.4 Å². The Morgan fingerprint density at radius 1 is 0.950 bits per heavy atom. The minimum atomic E-state index is -3.80. The summed E-state index contributed by atoms with van der Waals surface area (Å²) in [4.78, 5) is 22.6. The van der Waals surface area contributed by atoms with Crippen LogP contribution < -0.4 is 14.4 Å². The molecule has 0 spiro atoms. The third-order valence-corrected chi connectivity index (χ3v) is 9.66. The van der Waals surface area contributed by atoms with E-state index in [-0.39, 0.29) is 43.9 Å². The first-order valence-electron chi connectivity index (χ1n) is 13.1. The molecule has 1 aliphatic rings. The highest BCUT2D eigenvalue weighted by Crippen LogP contribution is 2.40. The lowest BCUT2D eigenvalue weighted by Crippen LogP contribution is -2.39. The van der Waals surface area contributed by atoms with Crippen LogP contribution in [0.3, 0.4) is 0 Å². The van der Waals surface area contributed by atoms with Gasteiger partial charge in [0.05, 0.1) is 28.3 Å². The number of anilines is 1. The minimum Gasteiger partial charge on any atom is -0.454 e. The summed E-state index contributed by atoms with van der Waals surface area (Å²) in [5, 5.41) is 0.554. The molecule has 0 unspecified atom stereocenters. The van der Waals surface area contributed by atoms with E-state index < -0.39 is 10.0 Å². The molecule has 0 saturated carbocycles. The maximum Gasteiger partial charge on any atom is 0.260 e. The van der Waals surface area contributed by atoms with E-state index in [1.54, 1.807) is 17.0 Å². The number of sulfonamides is 1. The lowest BCUT2D eigenvalue weighted by atomic mass is 10.2. The van der Waals surface area contributed by atoms with Gasteiger partial charge >= 0.3 is 0 Å². The summed E-state index contributed by atoms with van der Waals surface area (Å²) in [7, 11) is -0.761. The molecule has 1 aromatic heterocycles. The Bertz CT molecular complexity index is 1340. The molecule has 0 aliphatic carbocycles. The third-order valence-electron chi connectivity index (χ3n) is 6.71. The number of rotatable bonds is 15. The van der Waals surface area contributed by atoms with Gasteiger partial charge in [-0.25, -0.2) is 13.4 Å². The molecule has 0 fully saturated rings. The van der Waals surface area contributed by atoms with Crippen molar-refractivity contribution in [3.05, 3.63) is 42.0 Å². The Balaban J connectivity index is 1.61. The molecule has 11 nitrogen and oxygen atoms in total. The van der Waals surface area contributed by atoms with E-state index in [9.17, 15) is 13.2 Å². The lowest BCUT2D eigenvalue weighted by molar-refractivity contribution is 0.0983. The van der Waals surface area contributed by atoms with Gasteiger partial charge in [-0.2, -0.15) is 4.31 Å². The zero-order valence-corrected chi connectivity index (χ0v) is 24.9. The Hall–Kier alpha value is -2.81. The van der Waals surface area contributed by atoms with Crippen molar-refractivity contribution >= 4 is 42.6 Å². The van der Waals surface area contributed by atoms with E-state index in [0.717, 1.165) is 23.3 Å². The second-order valence-electron chi connectivity index (χ2n) is 9.07. The molecule has 13 heteroatoms. The molecule has 0 bridgehead atoms. The molecule has 0 radical (unpaired) electrons. The van der Waals surface area contributed by atoms with Crippen LogP contribution >= 0.6 is 11.3 Å². The smallest absolute Gasteiger partial charge is 0.260 e. The van der Waals surface area contributed by atoms with Crippen molar-refractivity contribution in [2.24, 2.45) is 0 Å². The third kappa shape index (κ3) is 6.73. The SMILES string of the molecule is CCN(CC)CCN(C(=O)c1ccc(S(=O)(=O)N(CCOC)CCOC)cc1)c1nc2cc3c(cc2s1)OCO3. The molecule has 0 atom stereocenters. The molecular formula is C27H36N4O7S2. The number of methoxy groups -OCH3 is 2. The summed E-state index contributed by atoms with van der Waals surface area (Å²) in [5.41, 5.74) is 1.09. The summed E-state index contributed by atoms with van der Waals surface area (Å²) in [6, 6.07) is 9.74. The molecule has 1 aliphatic heterocycles. The van der Waals surface area contributed by atoms with Gasteiger partial charge in [-0.1, -0.05) is 25.2 Å². The highest BCUT2D eigenvalue weighted by molar-refractivity contribution is 7.89. The number of ether oxygens (including phenoxy) is 4. The van der Waals surface area contributed by atoms with E-state index in [1.807, 2.05) is 12.1 Å². The normalized spacial score (nSPS) is 13.1. The Morgan fingerprint density at radius 2 is 1.57 bits per heavy atom. The Labute approximate surface area is 239 Å². The van der Waals surface area contributed by atoms with Crippen LogP contribution in [0.2, 0.25) is 0 Å². The van der Waals surface area contributed by atoms with E-state index in [2.05, 4.69) is 18.7 Å². The van der Waals surface area contributed by atoms with E-state index in [0.29, 0.717) is 35.3 Å². The maximum atomic E-state index is 13.8. The molecule has 2 aromatic carbocycles. The highest BCUT2D eigenvalue weighted by atomic mass is 32.2. The van der Waals surface area contributed by atoms with Crippen molar-refractivity contribution < 1.29 is 32.2 Å². The number of fused-ring (bicyclic) bond motifs is 2. The minimum absolute atomic E-state index is 0.0976. The second-order valence-corrected chi connectivity index (χ2v) is 12.0. The van der Waals surface area contributed by atoms with Crippen LogP contribution in [0.4, 0.5) is 5.13 Å². The van der Waals surface area contributed by atoms with E-state index >= 15 is 0 Å². The van der Waals surface area contributed by atoms with Crippen molar-refractivity contribution in [1.29, 1.82) is 0 Å². The average molecular weight is 593 g/mol. The number of carbonyl (C=O) groups is 1. The van der Waals surface area contributed by atoms with Gasteiger partial charge in [-0.05, 0) is 37.4 Å². The molecular weight excluding hydrogens is 556 g/mol. The highest BCUT2D eigenvalue weighted by Gasteiger charge is 2.27. The zero-order chi connectivity index (χ0) is 28.7. The van der Waals surface area contributed by atoms with Crippen molar-refractivity contribution in [2.45, 2.75) is 18.7 Å². The standard InChI is InChI=1S/C27H36N4O7S2/c1-5-29(6-2)11-12-31(27-28-22-17-23-24(38-19-37-23)18-25(22)39-27)26(32)20-7-9-21(10-8-20)40(33,34)30(13-15-35-3)14-16-36-4/h7-10,17-18H,5-6,11-16,19H2,1-4H3. The van der Waals surface area contributed by atoms with Crippen molar-refractivity contribution in [3.8, 4) is 11.5 Å². The monoisotopic (exact) mass is 592 g/mol. The van der Waals surface area contributed by atoms with Gasteiger partial charge < -0.3 is 23.8 Å². The fourth-order valence-electron chi connectivity index (χ4n) is 4.30. The first-order valence-corrected chi connectivity index (χ1v) is 15.4. The van der Waals surface area contributed by atoms with Gasteiger partial charge in [0.15, 0.2) is 16.6 Å². The molecule has 3 aromatic rings. The number of hydrogen-bond acceptors (Lipinski definition) is 10. The molecule has 0 N–H and O–H groups in total. The summed E-state index contributed by atoms with van der Waals surface area (Å²) >= 11 is 1.40. The first-order chi connectivity index (χ1) is 19.3. The first kappa shape index (κ1) is 30.2. The van der Waals surface area contributed by atoms with Crippen LogP contribution in [0.15, 0.2) is 41.3 Å². The number of benzene rings is 2. The quantitative estimate of drug-likeness (QED) is 0.263. The van der Waals surface area contributed by atoms with Gasteiger partial charge in [-0.3, -0.25) is 9.69 Å². The summed E-state index contributed by atoms with van der Waals surface area (Å²) in [6.07, 6.45) is 0. The van der Waals surface area contributed by atoms with Gasteiger partial charge in [0.2, 0.25) is 16.8 Å². The molecule has 0 saturated heterocycles. The second kappa shape index (κ2) is 13.7. The van der Waals surface area contributed by atoms with Crippen molar-refractivity contribution in [1.82, 2.24) is 14.2 Å².